The minimum atomic E-state index is -0.285. The number of nitrogens with one attached hydrogen (secondary N) is 2. The zero-order chi connectivity index (χ0) is 30.2. The molecule has 2 heterocycles. The van der Waals surface area contributed by atoms with Gasteiger partial charge in [0, 0.05) is 41.7 Å². The van der Waals surface area contributed by atoms with E-state index < -0.39 is 0 Å². The van der Waals surface area contributed by atoms with E-state index in [0.29, 0.717) is 17.1 Å². The van der Waals surface area contributed by atoms with Crippen LogP contribution in [0.3, 0.4) is 0 Å². The standard InChI is InChI=1S/C18H15ClN4O.C12H17N3O3/c1-11-21-22-17-10-20-18(12-3-5-13(19)6-4-12)15-9-14(24-2)7-8-16(15)23(11)17;1-8(16)14-7-12(18)15-6-9-2-3-10(5-13)11(17)4-9/h3-9H,10H2,1-2H3;2-4,17H,5-7,13H2,1H3,(H,14,16)(H,15,18). The first-order chi connectivity index (χ1) is 20.2. The maximum Gasteiger partial charge on any atom is 0.239 e. The van der Waals surface area contributed by atoms with Crippen LogP contribution < -0.4 is 21.1 Å². The number of aromatic hydroxyl groups is 1. The zero-order valence-corrected chi connectivity index (χ0v) is 24.3. The second-order valence-corrected chi connectivity index (χ2v) is 9.84. The Morgan fingerprint density at radius 2 is 1.83 bits per heavy atom. The number of carbonyl (C=O) groups is 2. The van der Waals surface area contributed by atoms with Gasteiger partial charge in [0.2, 0.25) is 11.8 Å². The molecule has 1 aliphatic heterocycles. The van der Waals surface area contributed by atoms with Crippen LogP contribution in [0, 0.1) is 6.92 Å². The Kier molecular flexibility index (Phi) is 9.89. The Morgan fingerprint density at radius 3 is 2.50 bits per heavy atom. The molecule has 1 aromatic heterocycles. The summed E-state index contributed by atoms with van der Waals surface area (Å²) in [6.45, 7) is 4.25. The van der Waals surface area contributed by atoms with E-state index >= 15 is 0 Å². The second-order valence-electron chi connectivity index (χ2n) is 9.41. The number of ether oxygens (including phenoxy) is 1. The highest BCUT2D eigenvalue weighted by molar-refractivity contribution is 6.30. The van der Waals surface area contributed by atoms with E-state index in [9.17, 15) is 14.7 Å². The van der Waals surface area contributed by atoms with Gasteiger partial charge in [-0.15, -0.1) is 10.2 Å². The number of amides is 2. The van der Waals surface area contributed by atoms with Crippen molar-refractivity contribution < 1.29 is 19.4 Å². The van der Waals surface area contributed by atoms with Crippen molar-refractivity contribution in [1.82, 2.24) is 25.4 Å². The van der Waals surface area contributed by atoms with E-state index in [2.05, 4.69) is 20.8 Å². The first kappa shape index (κ1) is 30.2. The van der Waals surface area contributed by atoms with Gasteiger partial charge in [0.1, 0.15) is 23.9 Å². The molecule has 2 amide bonds. The summed E-state index contributed by atoms with van der Waals surface area (Å²) in [4.78, 5) is 26.7. The molecule has 0 unspecified atom stereocenters. The number of benzene rings is 3. The van der Waals surface area contributed by atoms with Crippen molar-refractivity contribution in [2.24, 2.45) is 10.7 Å². The number of hydrogen-bond acceptors (Lipinski definition) is 8. The highest BCUT2D eigenvalue weighted by atomic mass is 35.5. The molecule has 11 nitrogen and oxygen atoms in total. The minimum Gasteiger partial charge on any atom is -0.508 e. The molecule has 0 aliphatic carbocycles. The third-order valence-electron chi connectivity index (χ3n) is 6.45. The Hall–Kier alpha value is -4.74. The molecule has 3 aromatic carbocycles. The van der Waals surface area contributed by atoms with Gasteiger partial charge in [-0.1, -0.05) is 35.9 Å². The maximum absolute atomic E-state index is 11.3. The lowest BCUT2D eigenvalue weighted by molar-refractivity contribution is -0.125. The molecule has 5 rings (SSSR count). The summed E-state index contributed by atoms with van der Waals surface area (Å²) in [5.41, 5.74) is 10.7. The van der Waals surface area contributed by atoms with Crippen molar-refractivity contribution >= 4 is 29.1 Å². The first-order valence-electron chi connectivity index (χ1n) is 13.1. The summed E-state index contributed by atoms with van der Waals surface area (Å²) in [5, 5.41) is 23.7. The van der Waals surface area contributed by atoms with Gasteiger partial charge in [0.05, 0.1) is 25.1 Å². The van der Waals surface area contributed by atoms with Crippen molar-refractivity contribution in [3.8, 4) is 17.2 Å². The van der Waals surface area contributed by atoms with Gasteiger partial charge in [-0.05, 0) is 48.9 Å². The molecule has 1 aliphatic rings. The van der Waals surface area contributed by atoms with Crippen LogP contribution in [0.25, 0.3) is 5.69 Å². The van der Waals surface area contributed by atoms with E-state index in [1.807, 2.05) is 54.0 Å². The number of nitrogens with zero attached hydrogens (tertiary/aromatic N) is 4. The molecule has 42 heavy (non-hydrogen) atoms. The van der Waals surface area contributed by atoms with Crippen LogP contribution >= 0.6 is 11.6 Å². The fraction of sp³-hybridized carbons (Fsp3) is 0.233. The van der Waals surface area contributed by atoms with E-state index in [1.165, 1.54) is 6.92 Å². The summed E-state index contributed by atoms with van der Waals surface area (Å²) in [6.07, 6.45) is 0. The Morgan fingerprint density at radius 1 is 1.07 bits per heavy atom. The SMILES string of the molecule is CC(=O)NCC(=O)NCc1ccc(CN)c(O)c1.COc1ccc2c(c1)C(c1ccc(Cl)cc1)=NCc1nnc(C)n1-2. The van der Waals surface area contributed by atoms with Crippen LogP contribution in [0.2, 0.25) is 5.02 Å². The fourth-order valence-corrected chi connectivity index (χ4v) is 4.42. The van der Waals surface area contributed by atoms with Crippen LogP contribution in [0.5, 0.6) is 11.5 Å². The van der Waals surface area contributed by atoms with Crippen LogP contribution in [-0.4, -0.2) is 51.1 Å². The van der Waals surface area contributed by atoms with Crippen LogP contribution in [-0.2, 0) is 29.2 Å². The average molecular weight is 590 g/mol. The number of nitrogens with two attached hydrogens (primary N) is 1. The van der Waals surface area contributed by atoms with Gasteiger partial charge in [0.25, 0.3) is 0 Å². The van der Waals surface area contributed by atoms with Crippen molar-refractivity contribution in [2.45, 2.75) is 33.5 Å². The second kappa shape index (κ2) is 13.7. The minimum absolute atomic E-state index is 0.0534. The molecule has 218 valence electrons. The largest absolute Gasteiger partial charge is 0.508 e. The lowest BCUT2D eigenvalue weighted by Gasteiger charge is -2.14. The molecule has 4 aromatic rings. The fourth-order valence-electron chi connectivity index (χ4n) is 4.30. The molecular weight excluding hydrogens is 558 g/mol. The topological polar surface area (TPSA) is 157 Å². The van der Waals surface area contributed by atoms with E-state index in [4.69, 9.17) is 27.1 Å². The van der Waals surface area contributed by atoms with Gasteiger partial charge in [-0.2, -0.15) is 0 Å². The third kappa shape index (κ3) is 7.31. The molecule has 12 heteroatoms. The van der Waals surface area contributed by atoms with Gasteiger partial charge >= 0.3 is 0 Å². The normalized spacial score (nSPS) is 11.6. The molecule has 0 bridgehead atoms. The quantitative estimate of drug-likeness (QED) is 0.258. The third-order valence-corrected chi connectivity index (χ3v) is 6.70. The summed E-state index contributed by atoms with van der Waals surface area (Å²) in [7, 11) is 1.66. The predicted molar refractivity (Wildman–Crippen MR) is 160 cm³/mol. The number of aromatic nitrogens is 3. The Balaban J connectivity index is 0.000000202. The van der Waals surface area contributed by atoms with Crippen LogP contribution in [0.1, 0.15) is 40.8 Å². The summed E-state index contributed by atoms with van der Waals surface area (Å²) in [5.74, 6) is 2.02. The summed E-state index contributed by atoms with van der Waals surface area (Å²) >= 11 is 6.02. The molecular formula is C30H32ClN7O4. The van der Waals surface area contributed by atoms with Crippen molar-refractivity contribution in [1.29, 1.82) is 0 Å². The number of aliphatic imine (C=N–C) groups is 1. The highest BCUT2D eigenvalue weighted by Crippen LogP contribution is 2.29. The lowest BCUT2D eigenvalue weighted by Crippen LogP contribution is -2.35. The number of rotatable bonds is 7. The number of carbonyl (C=O) groups excluding carboxylic acids is 2. The lowest BCUT2D eigenvalue weighted by atomic mass is 10.00. The smallest absolute Gasteiger partial charge is 0.239 e. The molecule has 0 atom stereocenters. The summed E-state index contributed by atoms with van der Waals surface area (Å²) < 4.78 is 7.45. The Bertz CT molecular complexity index is 1620. The van der Waals surface area contributed by atoms with E-state index in [0.717, 1.165) is 45.5 Å². The number of phenolic OH excluding ortho intramolecular Hbond substituents is 1. The zero-order valence-electron chi connectivity index (χ0n) is 23.5. The van der Waals surface area contributed by atoms with Gasteiger partial charge in [0.15, 0.2) is 5.82 Å². The number of fused-ring (bicyclic) bond motifs is 3. The molecule has 0 radical (unpaired) electrons. The van der Waals surface area contributed by atoms with Crippen molar-refractivity contribution in [2.75, 3.05) is 13.7 Å². The van der Waals surface area contributed by atoms with Crippen LogP contribution in [0.15, 0.2) is 65.7 Å². The maximum atomic E-state index is 11.3. The highest BCUT2D eigenvalue weighted by Gasteiger charge is 2.22. The molecule has 0 fully saturated rings. The Labute approximate surface area is 248 Å². The van der Waals surface area contributed by atoms with Gasteiger partial charge in [-0.25, -0.2) is 0 Å². The number of methoxy groups -OCH3 is 1. The number of aryl methyl sites for hydroxylation is 1. The predicted octanol–water partition coefficient (Wildman–Crippen LogP) is 3.19. The first-order valence-corrected chi connectivity index (χ1v) is 13.5. The van der Waals surface area contributed by atoms with E-state index in [-0.39, 0.29) is 37.2 Å². The molecule has 0 saturated carbocycles. The molecule has 0 saturated heterocycles. The van der Waals surface area contributed by atoms with Crippen LogP contribution in [0.4, 0.5) is 0 Å². The average Bonchev–Trinajstić information content (AvgIpc) is 3.27. The van der Waals surface area contributed by atoms with Crippen molar-refractivity contribution in [3.05, 3.63) is 99.6 Å². The number of halogens is 1. The van der Waals surface area contributed by atoms with Gasteiger partial charge in [-0.3, -0.25) is 19.1 Å². The summed E-state index contributed by atoms with van der Waals surface area (Å²) in [6, 6.07) is 18.7. The number of phenols is 1. The molecule has 5 N–H and O–H groups in total. The number of hydrogen-bond donors (Lipinski definition) is 4. The molecule has 0 spiro atoms. The van der Waals surface area contributed by atoms with Crippen molar-refractivity contribution in [3.63, 3.8) is 0 Å². The van der Waals surface area contributed by atoms with Gasteiger partial charge < -0.3 is 26.2 Å². The van der Waals surface area contributed by atoms with E-state index in [1.54, 1.807) is 25.3 Å². The monoisotopic (exact) mass is 589 g/mol.